The molecule has 1 aliphatic carbocycles. The molecule has 2 aliphatic rings. The molecule has 1 saturated carbocycles. The van der Waals surface area contributed by atoms with E-state index in [9.17, 15) is 4.79 Å². The molecule has 0 bridgehead atoms. The van der Waals surface area contributed by atoms with Crippen LogP contribution in [0.15, 0.2) is 48.8 Å². The third kappa shape index (κ3) is 7.59. The summed E-state index contributed by atoms with van der Waals surface area (Å²) in [6.07, 6.45) is 8.07. The Bertz CT molecular complexity index is 1010. The number of hydrogen-bond acceptors (Lipinski definition) is 4. The Labute approximate surface area is 205 Å². The maximum Gasteiger partial charge on any atom is 0.217 e. The fourth-order valence-corrected chi connectivity index (χ4v) is 4.14. The lowest BCUT2D eigenvalue weighted by Crippen LogP contribution is -2.19. The van der Waals surface area contributed by atoms with Crippen LogP contribution in [0.3, 0.4) is 0 Å². The molecule has 6 heteroatoms. The number of nitrogen functional groups attached to an aromatic ring is 1. The number of primary amides is 1. The van der Waals surface area contributed by atoms with Crippen LogP contribution in [0.2, 0.25) is 0 Å². The van der Waals surface area contributed by atoms with Gasteiger partial charge in [-0.05, 0) is 67.4 Å². The van der Waals surface area contributed by atoms with Crippen LogP contribution in [0.25, 0.3) is 16.6 Å². The van der Waals surface area contributed by atoms with E-state index in [1.807, 2.05) is 44.5 Å². The van der Waals surface area contributed by atoms with E-state index in [0.29, 0.717) is 18.3 Å². The molecule has 0 radical (unpaired) electrons. The Kier molecular flexibility index (Phi) is 11.1. The molecular weight excluding hydrogens is 422 g/mol. The minimum atomic E-state index is -0.150. The molecule has 1 unspecified atom stereocenters. The predicted molar refractivity (Wildman–Crippen MR) is 144 cm³/mol. The van der Waals surface area contributed by atoms with Crippen molar-refractivity contribution in [2.24, 2.45) is 11.7 Å². The monoisotopic (exact) mass is 465 g/mol. The molecule has 4 N–H and O–H groups in total. The minimum absolute atomic E-state index is 0.150. The van der Waals surface area contributed by atoms with Crippen molar-refractivity contribution in [2.75, 3.05) is 25.4 Å². The lowest BCUT2D eigenvalue weighted by atomic mass is 9.96. The summed E-state index contributed by atoms with van der Waals surface area (Å²) in [7, 11) is 0. The largest absolute Gasteiger partial charge is 0.397 e. The lowest BCUT2D eigenvalue weighted by Gasteiger charge is -2.13. The highest BCUT2D eigenvalue weighted by atomic mass is 16.1. The van der Waals surface area contributed by atoms with Gasteiger partial charge in [0.2, 0.25) is 5.91 Å². The van der Waals surface area contributed by atoms with Crippen LogP contribution in [0.5, 0.6) is 0 Å². The summed E-state index contributed by atoms with van der Waals surface area (Å²) in [6.45, 7) is 13.8. The van der Waals surface area contributed by atoms with Crippen molar-refractivity contribution < 1.29 is 4.79 Å². The zero-order valence-corrected chi connectivity index (χ0v) is 21.6. The van der Waals surface area contributed by atoms with E-state index in [1.54, 1.807) is 6.20 Å². The lowest BCUT2D eigenvalue weighted by molar-refractivity contribution is -0.118. The second-order valence-electron chi connectivity index (χ2n) is 8.46. The summed E-state index contributed by atoms with van der Waals surface area (Å²) < 4.78 is 1.84. The van der Waals surface area contributed by atoms with Gasteiger partial charge in [0.05, 0.1) is 11.2 Å². The third-order valence-corrected chi connectivity index (χ3v) is 6.16. The minimum Gasteiger partial charge on any atom is -0.397 e. The fourth-order valence-electron chi connectivity index (χ4n) is 4.14. The molecule has 1 aromatic carbocycles. The zero-order chi connectivity index (χ0) is 25.1. The molecule has 0 spiro atoms. The SMILES string of the molecule is CC.CC.CCN1CCC(c2ccc(-c3cc4c(N)ccnn4c3)cc2)C1.NC(=O)CC1CC1. The Morgan fingerprint density at radius 3 is 2.21 bits per heavy atom. The van der Waals surface area contributed by atoms with Gasteiger partial charge in [0.1, 0.15) is 0 Å². The van der Waals surface area contributed by atoms with Crippen LogP contribution >= 0.6 is 0 Å². The molecular formula is C28H43N5O. The molecule has 3 heterocycles. The smallest absolute Gasteiger partial charge is 0.217 e. The fraction of sp³-hybridized carbons (Fsp3) is 0.500. The van der Waals surface area contributed by atoms with Crippen LogP contribution in [0.1, 0.15) is 71.8 Å². The van der Waals surface area contributed by atoms with E-state index in [1.165, 1.54) is 43.5 Å². The summed E-state index contributed by atoms with van der Waals surface area (Å²) in [5.41, 5.74) is 16.4. The van der Waals surface area contributed by atoms with Crippen molar-refractivity contribution >= 4 is 17.1 Å². The van der Waals surface area contributed by atoms with Crippen LogP contribution in [-0.4, -0.2) is 40.1 Å². The summed E-state index contributed by atoms with van der Waals surface area (Å²) in [5, 5.41) is 4.32. The number of anilines is 1. The van der Waals surface area contributed by atoms with E-state index in [4.69, 9.17) is 11.5 Å². The topological polar surface area (TPSA) is 89.7 Å². The number of amides is 1. The highest BCUT2D eigenvalue weighted by Crippen LogP contribution is 2.32. The van der Waals surface area contributed by atoms with Crippen LogP contribution in [0.4, 0.5) is 5.69 Å². The van der Waals surface area contributed by atoms with Crippen molar-refractivity contribution in [3.05, 3.63) is 54.4 Å². The molecule has 1 amide bonds. The number of nitrogens with two attached hydrogens (primary N) is 2. The molecule has 34 heavy (non-hydrogen) atoms. The second kappa shape index (κ2) is 13.8. The number of likely N-dealkylation sites (N-methyl/N-ethyl adjacent to an activating group) is 1. The quantitative estimate of drug-likeness (QED) is 0.504. The van der Waals surface area contributed by atoms with E-state index in [0.717, 1.165) is 23.3 Å². The molecule has 2 fully saturated rings. The first-order valence-electron chi connectivity index (χ1n) is 12.9. The molecule has 1 aliphatic heterocycles. The number of likely N-dealkylation sites (tertiary alicyclic amines) is 1. The van der Waals surface area contributed by atoms with E-state index in [2.05, 4.69) is 47.3 Å². The van der Waals surface area contributed by atoms with Crippen LogP contribution in [-0.2, 0) is 4.79 Å². The van der Waals surface area contributed by atoms with E-state index < -0.39 is 0 Å². The number of benzene rings is 1. The van der Waals surface area contributed by atoms with Gasteiger partial charge in [0.25, 0.3) is 0 Å². The van der Waals surface area contributed by atoms with E-state index in [-0.39, 0.29) is 5.91 Å². The van der Waals surface area contributed by atoms with Gasteiger partial charge in [0, 0.05) is 30.9 Å². The molecule has 6 nitrogen and oxygen atoms in total. The summed E-state index contributed by atoms with van der Waals surface area (Å²) in [4.78, 5) is 12.6. The third-order valence-electron chi connectivity index (χ3n) is 6.16. The number of carbonyl (C=O) groups is 1. The molecule has 3 aromatic rings. The second-order valence-corrected chi connectivity index (χ2v) is 8.46. The zero-order valence-electron chi connectivity index (χ0n) is 21.6. The average molecular weight is 466 g/mol. The van der Waals surface area contributed by atoms with Gasteiger partial charge < -0.3 is 16.4 Å². The number of rotatable bonds is 5. The number of hydrogen-bond donors (Lipinski definition) is 2. The van der Waals surface area contributed by atoms with Gasteiger partial charge in [-0.3, -0.25) is 4.79 Å². The van der Waals surface area contributed by atoms with Crippen molar-refractivity contribution in [3.63, 3.8) is 0 Å². The van der Waals surface area contributed by atoms with Crippen molar-refractivity contribution in [1.29, 1.82) is 0 Å². The highest BCUT2D eigenvalue weighted by molar-refractivity contribution is 5.77. The Hall–Kier alpha value is -2.86. The standard InChI is InChI=1S/C19H22N4.C5H9NO.2C2H6/c1-2-22-10-8-16(12-22)14-3-5-15(6-4-14)17-11-19-18(20)7-9-21-23(19)13-17;6-5(7)3-4-1-2-4;2*1-2/h3-7,9,11,13,16H,2,8,10,12,20H2,1H3;4H,1-3H2,(H2,6,7);2*1-2H3. The average Bonchev–Trinajstić information content (AvgIpc) is 3.37. The first-order chi connectivity index (χ1) is 16.5. The van der Waals surface area contributed by atoms with Gasteiger partial charge >= 0.3 is 0 Å². The number of nitrogens with zero attached hydrogens (tertiary/aromatic N) is 3. The van der Waals surface area contributed by atoms with Gasteiger partial charge in [-0.25, -0.2) is 4.52 Å². The molecule has 186 valence electrons. The predicted octanol–water partition coefficient (Wildman–Crippen LogP) is 5.72. The Balaban J connectivity index is 0.000000313. The Morgan fingerprint density at radius 2 is 1.71 bits per heavy atom. The summed E-state index contributed by atoms with van der Waals surface area (Å²) in [5.74, 6) is 1.18. The maximum atomic E-state index is 10.1. The van der Waals surface area contributed by atoms with Crippen molar-refractivity contribution in [3.8, 4) is 11.1 Å². The maximum absolute atomic E-state index is 10.1. The molecule has 5 rings (SSSR count). The highest BCUT2D eigenvalue weighted by Gasteiger charge is 2.23. The van der Waals surface area contributed by atoms with Crippen LogP contribution in [0, 0.1) is 5.92 Å². The first kappa shape index (κ1) is 27.4. The number of carbonyl (C=O) groups excluding carboxylic acids is 1. The first-order valence-corrected chi connectivity index (χ1v) is 12.9. The van der Waals surface area contributed by atoms with Crippen molar-refractivity contribution in [2.45, 2.75) is 66.2 Å². The normalized spacial score (nSPS) is 17.0. The number of fused-ring (bicyclic) bond motifs is 1. The Morgan fingerprint density at radius 1 is 1.03 bits per heavy atom. The van der Waals surface area contributed by atoms with Crippen molar-refractivity contribution in [1.82, 2.24) is 14.5 Å². The van der Waals surface area contributed by atoms with Gasteiger partial charge in [-0.15, -0.1) is 0 Å². The molecule has 1 saturated heterocycles. The van der Waals surface area contributed by atoms with Crippen LogP contribution < -0.4 is 11.5 Å². The molecule has 2 aromatic heterocycles. The van der Waals surface area contributed by atoms with Gasteiger partial charge in [-0.1, -0.05) is 58.9 Å². The summed E-state index contributed by atoms with van der Waals surface area (Å²) >= 11 is 0. The number of aromatic nitrogens is 2. The van der Waals surface area contributed by atoms with E-state index >= 15 is 0 Å². The summed E-state index contributed by atoms with van der Waals surface area (Å²) in [6, 6.07) is 12.9. The van der Waals surface area contributed by atoms with Gasteiger partial charge in [-0.2, -0.15) is 5.10 Å². The molecule has 1 atom stereocenters. The van der Waals surface area contributed by atoms with Gasteiger partial charge in [0.15, 0.2) is 0 Å².